The van der Waals surface area contributed by atoms with E-state index in [0.717, 1.165) is 17.2 Å². The number of nitrogens with one attached hydrogen (secondary N) is 1. The number of alkyl halides is 2. The number of anilines is 2. The number of hydrogen-bond donors (Lipinski definition) is 6. The Morgan fingerprint density at radius 1 is 1.04 bits per heavy atom. The summed E-state index contributed by atoms with van der Waals surface area (Å²) in [6, 6.07) is 0. The molecule has 25 heteroatoms. The van der Waals surface area contributed by atoms with E-state index in [2.05, 4.69) is 46.7 Å². The maximum atomic E-state index is 15.7. The molecule has 6 rings (SSSR count). The molecule has 2 fully saturated rings. The summed E-state index contributed by atoms with van der Waals surface area (Å²) in [5.74, 6) is -0.266. The lowest BCUT2D eigenvalue weighted by Gasteiger charge is -2.25. The van der Waals surface area contributed by atoms with Crippen molar-refractivity contribution in [3.8, 4) is 0 Å². The fraction of sp³-hybridized carbons (Fsp3) is 0.500. The zero-order valence-corrected chi connectivity index (χ0v) is 25.1. The topological polar surface area (TPSA) is 280 Å². The quantitative estimate of drug-likeness (QED) is 0.0924. The second-order valence-electron chi connectivity index (χ2n) is 9.78. The van der Waals surface area contributed by atoms with Crippen molar-refractivity contribution in [2.45, 2.75) is 49.2 Å². The van der Waals surface area contributed by atoms with E-state index >= 15 is 8.78 Å². The summed E-state index contributed by atoms with van der Waals surface area (Å²) in [5.41, 5.74) is 10.6. The molecule has 6 heterocycles. The highest BCUT2D eigenvalue weighted by Crippen LogP contribution is 2.57. The van der Waals surface area contributed by atoms with Gasteiger partial charge in [0.1, 0.15) is 36.3 Å². The van der Waals surface area contributed by atoms with Crippen LogP contribution >= 0.6 is 27.3 Å². The van der Waals surface area contributed by atoms with Gasteiger partial charge in [0.25, 0.3) is 5.56 Å². The molecule has 2 saturated heterocycles. The number of aliphatic hydroxyl groups is 1. The van der Waals surface area contributed by atoms with Crippen molar-refractivity contribution in [1.29, 1.82) is 0 Å². The molecule has 0 aliphatic carbocycles. The molecule has 244 valence electrons. The first kappa shape index (κ1) is 31.9. The molecule has 0 radical (unpaired) electrons. The Labute approximate surface area is 254 Å². The van der Waals surface area contributed by atoms with Gasteiger partial charge in [-0.15, -0.1) is 0 Å². The molecular weight excluding hydrogens is 672 g/mol. The summed E-state index contributed by atoms with van der Waals surface area (Å²) in [7, 11) is -3.49. The Morgan fingerprint density at radius 2 is 1.73 bits per heavy atom. The third-order valence-electron chi connectivity index (χ3n) is 6.97. The minimum Gasteiger partial charge on any atom is -0.387 e. The average molecular weight is 696 g/mol. The number of H-pyrrole nitrogens is 1. The lowest BCUT2D eigenvalue weighted by Crippen LogP contribution is -2.33. The van der Waals surface area contributed by atoms with Crippen LogP contribution in [-0.2, 0) is 32.2 Å². The van der Waals surface area contributed by atoms with Crippen LogP contribution in [0.1, 0.15) is 12.5 Å². The Kier molecular flexibility index (Phi) is 8.67. The number of nitrogens with two attached hydrogens (primary N) is 2. The van der Waals surface area contributed by atoms with E-state index in [9.17, 15) is 19.0 Å². The van der Waals surface area contributed by atoms with Gasteiger partial charge in [0, 0.05) is 0 Å². The number of ether oxygens (including phenoxy) is 2. The maximum Gasteiger partial charge on any atom is 0.386 e. The number of fused-ring (bicyclic) bond motifs is 2. The zero-order valence-electron chi connectivity index (χ0n) is 22.4. The van der Waals surface area contributed by atoms with Crippen molar-refractivity contribution in [3.05, 3.63) is 29.3 Å². The second-order valence-corrected chi connectivity index (χ2v) is 13.5. The minimum atomic E-state index is -4.57. The van der Waals surface area contributed by atoms with Gasteiger partial charge in [-0.1, -0.05) is 12.2 Å². The van der Waals surface area contributed by atoms with Crippen LogP contribution < -0.4 is 17.0 Å². The molecule has 0 saturated carbocycles. The van der Waals surface area contributed by atoms with Gasteiger partial charge in [-0.2, -0.15) is 4.98 Å². The predicted molar refractivity (Wildman–Crippen MR) is 151 cm³/mol. The van der Waals surface area contributed by atoms with Gasteiger partial charge in [-0.25, -0.2) is 33.3 Å². The second kappa shape index (κ2) is 12.2. The molecule has 2 unspecified atom stereocenters. The summed E-state index contributed by atoms with van der Waals surface area (Å²) in [5, 5.41) is 10.5. The van der Waals surface area contributed by atoms with Crippen LogP contribution in [0, 0.1) is 0 Å². The molecule has 0 amide bonds. The number of halogens is 2. The van der Waals surface area contributed by atoms with Crippen LogP contribution in [0.25, 0.3) is 22.3 Å². The van der Waals surface area contributed by atoms with Gasteiger partial charge in [-0.05, 0) is 0 Å². The smallest absolute Gasteiger partial charge is 0.386 e. The lowest BCUT2D eigenvalue weighted by molar-refractivity contribution is -0.0516. The lowest BCUT2D eigenvalue weighted by atomic mass is 10.1. The fourth-order valence-corrected chi connectivity index (χ4v) is 6.68. The molecule has 4 aromatic heterocycles. The highest BCUT2D eigenvalue weighted by molar-refractivity contribution is 8.44. The third-order valence-corrected chi connectivity index (χ3v) is 9.00. The van der Waals surface area contributed by atoms with Gasteiger partial charge in [0.2, 0.25) is 5.95 Å². The zero-order chi connectivity index (χ0) is 32.2. The van der Waals surface area contributed by atoms with Crippen molar-refractivity contribution in [2.75, 3.05) is 24.7 Å². The molecule has 0 spiro atoms. The molecule has 0 aromatic carbocycles. The number of rotatable bonds is 10. The first-order valence-electron chi connectivity index (χ1n) is 12.8. The normalized spacial score (nSPS) is 30.7. The standard InChI is InChI=1S/C20H24F2N10O10P2S/c21-8-6(1-38-43(35)36)40-19(32-5-28-11-16(32)29-20(24)30-17(11)34)13(8)42-44(37,45)39-2-7-12(33)9(22)18(41-7)31-4-27-10-14(23)25-3-26-15(10)31/h3-9,12-13,18-19,33,43H,1-2H2,(H,35,36)(H,37,45)(H2,23,25,26)(H3,24,29,30,34)/t6-,7-,8-,9-,12-,13-,18-,19-,44?/m1/s1. The van der Waals surface area contributed by atoms with Crippen LogP contribution in [0.2, 0.25) is 0 Å². The van der Waals surface area contributed by atoms with E-state index in [1.165, 1.54) is 10.9 Å². The first-order chi connectivity index (χ1) is 21.3. The van der Waals surface area contributed by atoms with E-state index in [-0.39, 0.29) is 34.1 Å². The molecular formula is C20H24F2N10O10P2S. The van der Waals surface area contributed by atoms with E-state index < -0.39 is 83.0 Å². The van der Waals surface area contributed by atoms with E-state index in [4.69, 9.17) is 34.9 Å². The monoisotopic (exact) mass is 696 g/mol. The molecule has 2 aliphatic rings. The predicted octanol–water partition coefficient (Wildman–Crippen LogP) is -0.206. The summed E-state index contributed by atoms with van der Waals surface area (Å²) in [4.78, 5) is 43.3. The number of aliphatic hydroxyl groups excluding tert-OH is 1. The van der Waals surface area contributed by atoms with Crippen molar-refractivity contribution in [1.82, 2.24) is 39.0 Å². The van der Waals surface area contributed by atoms with E-state index in [1.54, 1.807) is 0 Å². The number of imidazole rings is 2. The van der Waals surface area contributed by atoms with Crippen LogP contribution in [0.4, 0.5) is 20.5 Å². The molecule has 0 bridgehead atoms. The Balaban J connectivity index is 1.20. The summed E-state index contributed by atoms with van der Waals surface area (Å²) >= 11 is 3.91. The molecule has 2 aliphatic heterocycles. The fourth-order valence-electron chi connectivity index (χ4n) is 4.92. The summed E-state index contributed by atoms with van der Waals surface area (Å²) in [6.07, 6.45) is -10.3. The number of nitrogen functional groups attached to an aromatic ring is 2. The summed E-state index contributed by atoms with van der Waals surface area (Å²) < 4.78 is 84.1. The highest BCUT2D eigenvalue weighted by atomic mass is 32.7. The third kappa shape index (κ3) is 6.08. The number of nitrogens with zero attached hydrogens (tertiary/aromatic N) is 7. The van der Waals surface area contributed by atoms with Gasteiger partial charge in [0.15, 0.2) is 47.4 Å². The molecule has 20 nitrogen and oxygen atoms in total. The molecule has 7 N–H and O–H groups in total. The van der Waals surface area contributed by atoms with Gasteiger partial charge in [0.05, 0.1) is 25.9 Å². The van der Waals surface area contributed by atoms with E-state index in [1.807, 2.05) is 0 Å². The Hall–Kier alpha value is -3.11. The highest BCUT2D eigenvalue weighted by Gasteiger charge is 2.51. The number of hydrogen-bond acceptors (Lipinski definition) is 16. The Morgan fingerprint density at radius 3 is 2.47 bits per heavy atom. The number of aromatic nitrogens is 8. The van der Waals surface area contributed by atoms with Crippen LogP contribution in [0.5, 0.6) is 0 Å². The van der Waals surface area contributed by atoms with Crippen molar-refractivity contribution >= 4 is 61.4 Å². The van der Waals surface area contributed by atoms with Crippen LogP contribution in [-0.4, -0.2) is 99.0 Å². The summed E-state index contributed by atoms with van der Waals surface area (Å²) in [6.45, 7) is -6.03. The molecule has 45 heavy (non-hydrogen) atoms. The first-order valence-corrected chi connectivity index (χ1v) is 16.7. The number of thiol groups is 1. The average Bonchev–Trinajstić information content (AvgIpc) is 3.73. The Bertz CT molecular complexity index is 1870. The number of aromatic amines is 1. The van der Waals surface area contributed by atoms with Crippen LogP contribution in [0.3, 0.4) is 0 Å². The van der Waals surface area contributed by atoms with E-state index in [0.29, 0.717) is 0 Å². The minimum absolute atomic E-state index is 0.0374. The van der Waals surface area contributed by atoms with Crippen molar-refractivity contribution < 1.29 is 51.0 Å². The van der Waals surface area contributed by atoms with Gasteiger partial charge >= 0.3 is 15.1 Å². The molecule has 4 aromatic rings. The maximum absolute atomic E-state index is 15.7. The largest absolute Gasteiger partial charge is 0.387 e. The van der Waals surface area contributed by atoms with Crippen LogP contribution in [0.15, 0.2) is 23.8 Å². The van der Waals surface area contributed by atoms with Crippen molar-refractivity contribution in [3.63, 3.8) is 0 Å². The van der Waals surface area contributed by atoms with Gasteiger partial charge in [-0.3, -0.25) is 32.5 Å². The van der Waals surface area contributed by atoms with Crippen molar-refractivity contribution in [2.24, 2.45) is 0 Å². The van der Waals surface area contributed by atoms with Gasteiger partial charge < -0.3 is 35.5 Å². The SMILES string of the molecule is Nc1nc2c(ncn2[C@@H]2O[C@H](CO[PH](=O)O)[C@@H](F)[C@H]2OP(=O)(S)OC[C@H]2O[C@@H](n3cnc4c(N)ncnc43)[C@H](F)[C@@H]2O)c(=O)[nH]1. The molecule has 10 atom stereocenters.